The van der Waals surface area contributed by atoms with Crippen molar-refractivity contribution in [3.05, 3.63) is 0 Å². The normalized spacial score (nSPS) is 25.1. The second-order valence-corrected chi connectivity index (χ2v) is 5.18. The lowest BCUT2D eigenvalue weighted by Crippen LogP contribution is -2.31. The topological polar surface area (TPSA) is 30.5 Å². The van der Waals surface area contributed by atoms with Gasteiger partial charge >= 0.3 is 0 Å². The predicted octanol–water partition coefficient (Wildman–Crippen LogP) is 2.46. The summed E-state index contributed by atoms with van der Waals surface area (Å²) < 4.78 is 10.5. The van der Waals surface area contributed by atoms with E-state index in [1.165, 1.54) is 32.2 Å². The van der Waals surface area contributed by atoms with Gasteiger partial charge < -0.3 is 14.8 Å². The van der Waals surface area contributed by atoms with Crippen molar-refractivity contribution in [3.63, 3.8) is 0 Å². The molecule has 0 bridgehead atoms. The Morgan fingerprint density at radius 2 is 1.94 bits per heavy atom. The van der Waals surface area contributed by atoms with Gasteiger partial charge in [0.15, 0.2) is 0 Å². The lowest BCUT2D eigenvalue weighted by atomic mass is 9.80. The van der Waals surface area contributed by atoms with Crippen LogP contribution in [0.1, 0.15) is 39.0 Å². The van der Waals surface area contributed by atoms with Gasteiger partial charge in [0.2, 0.25) is 0 Å². The molecule has 0 saturated heterocycles. The van der Waals surface area contributed by atoms with Crippen LogP contribution in [0.3, 0.4) is 0 Å². The van der Waals surface area contributed by atoms with Crippen molar-refractivity contribution in [1.82, 2.24) is 5.32 Å². The van der Waals surface area contributed by atoms with Gasteiger partial charge in [-0.2, -0.15) is 0 Å². The van der Waals surface area contributed by atoms with Gasteiger partial charge in [-0.1, -0.05) is 26.2 Å². The zero-order valence-electron chi connectivity index (χ0n) is 11.5. The van der Waals surface area contributed by atoms with E-state index in [0.29, 0.717) is 0 Å². The van der Waals surface area contributed by atoms with Gasteiger partial charge in [-0.05, 0) is 31.2 Å². The van der Waals surface area contributed by atoms with Crippen LogP contribution in [0.4, 0.5) is 0 Å². The Kier molecular flexibility index (Phi) is 8.67. The minimum absolute atomic E-state index is 0.799. The van der Waals surface area contributed by atoms with E-state index >= 15 is 0 Å². The van der Waals surface area contributed by atoms with Gasteiger partial charge in [0.25, 0.3) is 0 Å². The van der Waals surface area contributed by atoms with Crippen LogP contribution in [0.15, 0.2) is 0 Å². The molecule has 2 unspecified atom stereocenters. The fourth-order valence-electron chi connectivity index (χ4n) is 2.54. The summed E-state index contributed by atoms with van der Waals surface area (Å²) in [6.45, 7) is 6.98. The Morgan fingerprint density at radius 1 is 1.12 bits per heavy atom. The van der Waals surface area contributed by atoms with Crippen LogP contribution < -0.4 is 5.32 Å². The third-order valence-corrected chi connectivity index (χ3v) is 3.76. The minimum atomic E-state index is 0.799. The van der Waals surface area contributed by atoms with Gasteiger partial charge in [-0.3, -0.25) is 0 Å². The molecule has 3 heteroatoms. The summed E-state index contributed by atoms with van der Waals surface area (Å²) in [7, 11) is 1.73. The zero-order valence-corrected chi connectivity index (χ0v) is 11.5. The van der Waals surface area contributed by atoms with Crippen LogP contribution in [0.5, 0.6) is 0 Å². The van der Waals surface area contributed by atoms with Crippen molar-refractivity contribution < 1.29 is 9.47 Å². The maximum Gasteiger partial charge on any atom is 0.0590 e. The molecule has 0 aromatic heterocycles. The van der Waals surface area contributed by atoms with Gasteiger partial charge in [0, 0.05) is 26.9 Å². The number of nitrogens with one attached hydrogen (secondary N) is 1. The van der Waals surface area contributed by atoms with E-state index in [0.717, 1.165) is 44.6 Å². The molecule has 17 heavy (non-hydrogen) atoms. The molecule has 102 valence electrons. The SMILES string of the molecule is COCCCOCCNCC1CCCCC1C. The third kappa shape index (κ3) is 7.02. The first kappa shape index (κ1) is 14.9. The molecule has 1 aliphatic carbocycles. The molecule has 0 spiro atoms. The molecule has 0 aliphatic heterocycles. The average Bonchev–Trinajstić information content (AvgIpc) is 2.35. The molecule has 1 aliphatic rings. The van der Waals surface area contributed by atoms with Crippen molar-refractivity contribution in [1.29, 1.82) is 0 Å². The minimum Gasteiger partial charge on any atom is -0.385 e. The van der Waals surface area contributed by atoms with Crippen LogP contribution in [0.2, 0.25) is 0 Å². The number of rotatable bonds is 9. The van der Waals surface area contributed by atoms with Crippen LogP contribution in [0, 0.1) is 11.8 Å². The predicted molar refractivity (Wildman–Crippen MR) is 71.3 cm³/mol. The van der Waals surface area contributed by atoms with Crippen LogP contribution in [0.25, 0.3) is 0 Å². The highest BCUT2D eigenvalue weighted by Crippen LogP contribution is 2.28. The van der Waals surface area contributed by atoms with Gasteiger partial charge in [-0.15, -0.1) is 0 Å². The van der Waals surface area contributed by atoms with Gasteiger partial charge in [0.05, 0.1) is 6.61 Å². The first-order valence-corrected chi connectivity index (χ1v) is 7.12. The van der Waals surface area contributed by atoms with Crippen molar-refractivity contribution in [2.75, 3.05) is 40.0 Å². The maximum atomic E-state index is 5.51. The quantitative estimate of drug-likeness (QED) is 0.631. The molecule has 1 fully saturated rings. The molecule has 2 atom stereocenters. The average molecular weight is 243 g/mol. The fraction of sp³-hybridized carbons (Fsp3) is 1.00. The van der Waals surface area contributed by atoms with Gasteiger partial charge in [-0.25, -0.2) is 0 Å². The summed E-state index contributed by atoms with van der Waals surface area (Å²) in [6, 6.07) is 0. The lowest BCUT2D eigenvalue weighted by molar-refractivity contribution is 0.103. The molecule has 3 nitrogen and oxygen atoms in total. The Morgan fingerprint density at radius 3 is 2.71 bits per heavy atom. The summed E-state index contributed by atoms with van der Waals surface area (Å²) in [5, 5.41) is 3.52. The van der Waals surface area contributed by atoms with E-state index in [1.807, 2.05) is 0 Å². The molecule has 1 saturated carbocycles. The lowest BCUT2D eigenvalue weighted by Gasteiger charge is -2.28. The van der Waals surface area contributed by atoms with Crippen LogP contribution in [-0.4, -0.2) is 40.0 Å². The Bertz CT molecular complexity index is 176. The highest BCUT2D eigenvalue weighted by molar-refractivity contribution is 4.73. The molecule has 0 aromatic rings. The summed E-state index contributed by atoms with van der Waals surface area (Å²) in [4.78, 5) is 0. The molecule has 0 radical (unpaired) electrons. The number of hydrogen-bond donors (Lipinski definition) is 1. The summed E-state index contributed by atoms with van der Waals surface area (Å²) in [6.07, 6.45) is 6.67. The maximum absolute atomic E-state index is 5.51. The molecule has 0 heterocycles. The Labute approximate surface area is 106 Å². The van der Waals surface area contributed by atoms with Crippen molar-refractivity contribution in [2.45, 2.75) is 39.0 Å². The monoisotopic (exact) mass is 243 g/mol. The van der Waals surface area contributed by atoms with Crippen LogP contribution in [-0.2, 0) is 9.47 Å². The van der Waals surface area contributed by atoms with E-state index in [-0.39, 0.29) is 0 Å². The molecule has 0 amide bonds. The zero-order chi connectivity index (χ0) is 12.3. The highest BCUT2D eigenvalue weighted by atomic mass is 16.5. The molecular formula is C14H29NO2. The standard InChI is InChI=1S/C14H29NO2/c1-13-6-3-4-7-14(13)12-15-8-11-17-10-5-9-16-2/h13-15H,3-12H2,1-2H3. The third-order valence-electron chi connectivity index (χ3n) is 3.76. The Balaban J connectivity index is 1.86. The second-order valence-electron chi connectivity index (χ2n) is 5.18. The highest BCUT2D eigenvalue weighted by Gasteiger charge is 2.20. The number of methoxy groups -OCH3 is 1. The largest absolute Gasteiger partial charge is 0.385 e. The summed E-state index contributed by atoms with van der Waals surface area (Å²) in [5.41, 5.74) is 0. The number of hydrogen-bond acceptors (Lipinski definition) is 3. The Hall–Kier alpha value is -0.120. The van der Waals surface area contributed by atoms with E-state index in [2.05, 4.69) is 12.2 Å². The molecule has 1 N–H and O–H groups in total. The van der Waals surface area contributed by atoms with Crippen molar-refractivity contribution in [2.24, 2.45) is 11.8 Å². The van der Waals surface area contributed by atoms with E-state index in [9.17, 15) is 0 Å². The van der Waals surface area contributed by atoms with Crippen molar-refractivity contribution >= 4 is 0 Å². The second kappa shape index (κ2) is 9.86. The van der Waals surface area contributed by atoms with Crippen molar-refractivity contribution in [3.8, 4) is 0 Å². The smallest absolute Gasteiger partial charge is 0.0590 e. The summed E-state index contributed by atoms with van der Waals surface area (Å²) in [5.74, 6) is 1.79. The summed E-state index contributed by atoms with van der Waals surface area (Å²) >= 11 is 0. The molecule has 0 aromatic carbocycles. The van der Waals surface area contributed by atoms with E-state index in [1.54, 1.807) is 7.11 Å². The van der Waals surface area contributed by atoms with Gasteiger partial charge in [0.1, 0.15) is 0 Å². The molecule has 1 rings (SSSR count). The molecular weight excluding hydrogens is 214 g/mol. The first-order chi connectivity index (χ1) is 8.34. The van der Waals surface area contributed by atoms with Crippen LogP contribution >= 0.6 is 0 Å². The van der Waals surface area contributed by atoms with E-state index in [4.69, 9.17) is 9.47 Å². The first-order valence-electron chi connectivity index (χ1n) is 7.12. The van der Waals surface area contributed by atoms with E-state index < -0.39 is 0 Å². The number of ether oxygens (including phenoxy) is 2. The fourth-order valence-corrected chi connectivity index (χ4v) is 2.54.